The predicted octanol–water partition coefficient (Wildman–Crippen LogP) is 3.70. The fraction of sp³-hybridized carbons (Fsp3) is 0.263. The van der Waals surface area contributed by atoms with Crippen molar-refractivity contribution < 1.29 is 9.59 Å². The number of nitrogens with one attached hydrogen (secondary N) is 2. The number of carbonyl (C=O) groups is 2. The SMILES string of the molecule is O=C(Nc1ccccc1)c1ccc2c(c1)NC(=O)C21CCCC1. The van der Waals surface area contributed by atoms with Crippen LogP contribution < -0.4 is 10.6 Å². The van der Waals surface area contributed by atoms with Crippen LogP contribution in [0.3, 0.4) is 0 Å². The van der Waals surface area contributed by atoms with E-state index >= 15 is 0 Å². The van der Waals surface area contributed by atoms with Crippen LogP contribution in [0.5, 0.6) is 0 Å². The Morgan fingerprint density at radius 2 is 1.78 bits per heavy atom. The molecule has 0 radical (unpaired) electrons. The molecule has 4 rings (SSSR count). The minimum absolute atomic E-state index is 0.0885. The van der Waals surface area contributed by atoms with E-state index in [-0.39, 0.29) is 17.2 Å². The van der Waals surface area contributed by atoms with Gasteiger partial charge in [0.1, 0.15) is 0 Å². The Morgan fingerprint density at radius 3 is 2.52 bits per heavy atom. The van der Waals surface area contributed by atoms with Crippen molar-refractivity contribution in [2.24, 2.45) is 0 Å². The molecule has 0 saturated heterocycles. The quantitative estimate of drug-likeness (QED) is 0.888. The molecule has 23 heavy (non-hydrogen) atoms. The molecule has 2 aliphatic rings. The summed E-state index contributed by atoms with van der Waals surface area (Å²) in [5, 5.41) is 5.84. The number of anilines is 2. The number of hydrogen-bond donors (Lipinski definition) is 2. The van der Waals surface area contributed by atoms with Gasteiger partial charge >= 0.3 is 0 Å². The molecule has 0 atom stereocenters. The zero-order valence-corrected chi connectivity index (χ0v) is 12.8. The highest BCUT2D eigenvalue weighted by atomic mass is 16.2. The molecule has 2 amide bonds. The normalized spacial score (nSPS) is 17.8. The largest absolute Gasteiger partial charge is 0.325 e. The van der Waals surface area contributed by atoms with Crippen LogP contribution >= 0.6 is 0 Å². The van der Waals surface area contributed by atoms with Crippen LogP contribution in [0, 0.1) is 0 Å². The molecule has 0 aromatic heterocycles. The van der Waals surface area contributed by atoms with Crippen LogP contribution in [0.15, 0.2) is 48.5 Å². The fourth-order valence-electron chi connectivity index (χ4n) is 3.77. The smallest absolute Gasteiger partial charge is 0.255 e. The molecular formula is C19H18N2O2. The van der Waals surface area contributed by atoms with Crippen molar-refractivity contribution in [3.8, 4) is 0 Å². The van der Waals surface area contributed by atoms with Gasteiger partial charge in [0.15, 0.2) is 0 Å². The number of carbonyl (C=O) groups excluding carboxylic acids is 2. The van der Waals surface area contributed by atoms with E-state index < -0.39 is 0 Å². The number of benzene rings is 2. The number of amides is 2. The summed E-state index contributed by atoms with van der Waals surface area (Å²) >= 11 is 0. The molecule has 1 saturated carbocycles. The summed E-state index contributed by atoms with van der Waals surface area (Å²) < 4.78 is 0. The molecule has 1 heterocycles. The second-order valence-electron chi connectivity index (χ2n) is 6.32. The Labute approximate surface area is 134 Å². The van der Waals surface area contributed by atoms with E-state index in [4.69, 9.17) is 0 Å². The molecule has 1 aliphatic heterocycles. The maximum atomic E-state index is 12.4. The summed E-state index contributed by atoms with van der Waals surface area (Å²) in [5.41, 5.74) is 2.80. The van der Waals surface area contributed by atoms with Gasteiger partial charge in [-0.25, -0.2) is 0 Å². The highest BCUT2D eigenvalue weighted by Crippen LogP contribution is 2.48. The first kappa shape index (κ1) is 14.0. The Kier molecular flexibility index (Phi) is 3.18. The van der Waals surface area contributed by atoms with Crippen LogP contribution in [0.1, 0.15) is 41.6 Å². The first-order valence-electron chi connectivity index (χ1n) is 8.01. The molecule has 1 spiro atoms. The topological polar surface area (TPSA) is 58.2 Å². The average Bonchev–Trinajstić information content (AvgIpc) is 3.15. The molecule has 2 N–H and O–H groups in total. The zero-order chi connectivity index (χ0) is 15.9. The first-order valence-corrected chi connectivity index (χ1v) is 8.01. The van der Waals surface area contributed by atoms with Gasteiger partial charge in [0.05, 0.1) is 5.41 Å². The van der Waals surface area contributed by atoms with E-state index in [0.29, 0.717) is 5.56 Å². The lowest BCUT2D eigenvalue weighted by molar-refractivity contribution is -0.120. The van der Waals surface area contributed by atoms with E-state index in [2.05, 4.69) is 10.6 Å². The molecule has 1 aliphatic carbocycles. The Hall–Kier alpha value is -2.62. The Balaban J connectivity index is 1.62. The van der Waals surface area contributed by atoms with Gasteiger partial charge in [-0.05, 0) is 42.7 Å². The van der Waals surface area contributed by atoms with Crippen molar-refractivity contribution in [2.45, 2.75) is 31.1 Å². The van der Waals surface area contributed by atoms with Gasteiger partial charge in [-0.15, -0.1) is 0 Å². The van der Waals surface area contributed by atoms with Gasteiger partial charge in [0.2, 0.25) is 5.91 Å². The van der Waals surface area contributed by atoms with Crippen LogP contribution in [-0.2, 0) is 10.2 Å². The molecule has 1 fully saturated rings. The summed E-state index contributed by atoms with van der Waals surface area (Å²) in [6.07, 6.45) is 3.98. The summed E-state index contributed by atoms with van der Waals surface area (Å²) in [6.45, 7) is 0. The summed E-state index contributed by atoms with van der Waals surface area (Å²) in [6, 6.07) is 14.9. The van der Waals surface area contributed by atoms with Crippen molar-refractivity contribution in [1.82, 2.24) is 0 Å². The fourth-order valence-corrected chi connectivity index (χ4v) is 3.77. The average molecular weight is 306 g/mol. The van der Waals surface area contributed by atoms with E-state index in [0.717, 1.165) is 42.6 Å². The van der Waals surface area contributed by atoms with Crippen LogP contribution in [-0.4, -0.2) is 11.8 Å². The van der Waals surface area contributed by atoms with Crippen LogP contribution in [0.2, 0.25) is 0 Å². The van der Waals surface area contributed by atoms with Crippen molar-refractivity contribution in [3.05, 3.63) is 59.7 Å². The van der Waals surface area contributed by atoms with Crippen molar-refractivity contribution in [2.75, 3.05) is 10.6 Å². The van der Waals surface area contributed by atoms with Gasteiger partial charge in [-0.3, -0.25) is 9.59 Å². The Morgan fingerprint density at radius 1 is 1.04 bits per heavy atom. The third kappa shape index (κ3) is 2.22. The molecule has 2 aromatic carbocycles. The van der Waals surface area contributed by atoms with E-state index in [1.807, 2.05) is 42.5 Å². The van der Waals surface area contributed by atoms with Crippen molar-refractivity contribution in [1.29, 1.82) is 0 Å². The lowest BCUT2D eigenvalue weighted by Gasteiger charge is -2.20. The van der Waals surface area contributed by atoms with Crippen LogP contribution in [0.25, 0.3) is 0 Å². The highest BCUT2D eigenvalue weighted by molar-refractivity contribution is 6.09. The van der Waals surface area contributed by atoms with E-state index in [9.17, 15) is 9.59 Å². The van der Waals surface area contributed by atoms with Crippen molar-refractivity contribution in [3.63, 3.8) is 0 Å². The highest BCUT2D eigenvalue weighted by Gasteiger charge is 2.48. The predicted molar refractivity (Wildman–Crippen MR) is 89.6 cm³/mol. The second kappa shape index (κ2) is 5.23. The number of para-hydroxylation sites is 1. The number of fused-ring (bicyclic) bond motifs is 2. The number of rotatable bonds is 2. The number of hydrogen-bond acceptors (Lipinski definition) is 2. The minimum atomic E-state index is -0.357. The third-order valence-electron chi connectivity index (χ3n) is 4.97. The molecule has 0 unspecified atom stereocenters. The lowest BCUT2D eigenvalue weighted by atomic mass is 9.80. The molecule has 4 nitrogen and oxygen atoms in total. The molecule has 0 bridgehead atoms. The van der Waals surface area contributed by atoms with Gasteiger partial charge < -0.3 is 10.6 Å². The monoisotopic (exact) mass is 306 g/mol. The Bertz CT molecular complexity index is 777. The molecular weight excluding hydrogens is 288 g/mol. The molecule has 2 aromatic rings. The third-order valence-corrected chi connectivity index (χ3v) is 4.97. The van der Waals surface area contributed by atoms with Gasteiger partial charge in [-0.2, -0.15) is 0 Å². The molecule has 4 heteroatoms. The van der Waals surface area contributed by atoms with Gasteiger partial charge in [0.25, 0.3) is 5.91 Å². The maximum absolute atomic E-state index is 12.4. The summed E-state index contributed by atoms with van der Waals surface area (Å²) in [4.78, 5) is 24.8. The van der Waals surface area contributed by atoms with Gasteiger partial charge in [-0.1, -0.05) is 37.1 Å². The van der Waals surface area contributed by atoms with Crippen molar-refractivity contribution >= 4 is 23.2 Å². The maximum Gasteiger partial charge on any atom is 0.255 e. The summed E-state index contributed by atoms with van der Waals surface area (Å²) in [7, 11) is 0. The van der Waals surface area contributed by atoms with E-state index in [1.54, 1.807) is 6.07 Å². The lowest BCUT2D eigenvalue weighted by Crippen LogP contribution is -2.30. The van der Waals surface area contributed by atoms with Gasteiger partial charge in [0, 0.05) is 16.9 Å². The standard InChI is InChI=1S/C19H18N2O2/c22-17(20-14-6-2-1-3-7-14)13-8-9-15-16(12-13)21-18(23)19(15)10-4-5-11-19/h1-3,6-9,12H,4-5,10-11H2,(H,20,22)(H,21,23). The first-order chi connectivity index (χ1) is 11.2. The minimum Gasteiger partial charge on any atom is -0.325 e. The molecule has 116 valence electrons. The summed E-state index contributed by atoms with van der Waals surface area (Å²) in [5.74, 6) is -0.0776. The van der Waals surface area contributed by atoms with E-state index in [1.165, 1.54) is 0 Å². The second-order valence-corrected chi connectivity index (χ2v) is 6.32. The zero-order valence-electron chi connectivity index (χ0n) is 12.8. The van der Waals surface area contributed by atoms with Crippen LogP contribution in [0.4, 0.5) is 11.4 Å².